The van der Waals surface area contributed by atoms with Crippen molar-refractivity contribution in [1.82, 2.24) is 4.98 Å². The summed E-state index contributed by atoms with van der Waals surface area (Å²) in [6.07, 6.45) is 0. The number of benzene rings is 1. The zero-order valence-corrected chi connectivity index (χ0v) is 11.1. The molecule has 3 nitrogen and oxygen atoms in total. The number of hydrogen-bond donors (Lipinski definition) is 1. The van der Waals surface area contributed by atoms with Crippen LogP contribution in [0.3, 0.4) is 0 Å². The second-order valence-electron chi connectivity index (χ2n) is 3.69. The fourth-order valence-electron chi connectivity index (χ4n) is 1.28. The molecule has 0 aliphatic heterocycles. The molecule has 0 saturated heterocycles. The SMILES string of the molecule is CC(C)=NNc1nc(-c2ccccc2Cl)cs1. The third kappa shape index (κ3) is 3.05. The molecule has 0 radical (unpaired) electrons. The summed E-state index contributed by atoms with van der Waals surface area (Å²) in [4.78, 5) is 4.43. The molecule has 1 aromatic carbocycles. The van der Waals surface area contributed by atoms with Crippen LogP contribution in [0.4, 0.5) is 5.13 Å². The second kappa shape index (κ2) is 5.29. The van der Waals surface area contributed by atoms with Crippen molar-refractivity contribution in [2.45, 2.75) is 13.8 Å². The van der Waals surface area contributed by atoms with E-state index >= 15 is 0 Å². The molecule has 0 spiro atoms. The maximum atomic E-state index is 6.11. The minimum absolute atomic E-state index is 0.708. The number of hydrogen-bond acceptors (Lipinski definition) is 4. The summed E-state index contributed by atoms with van der Waals surface area (Å²) in [5, 5.41) is 7.54. The van der Waals surface area contributed by atoms with E-state index in [0.717, 1.165) is 22.1 Å². The first-order valence-corrected chi connectivity index (χ1v) is 6.40. The Morgan fingerprint density at radius 2 is 2.12 bits per heavy atom. The van der Waals surface area contributed by atoms with Crippen molar-refractivity contribution >= 4 is 33.8 Å². The first kappa shape index (κ1) is 12.1. The van der Waals surface area contributed by atoms with Gasteiger partial charge in [-0.05, 0) is 19.9 Å². The van der Waals surface area contributed by atoms with Gasteiger partial charge in [0, 0.05) is 21.7 Å². The monoisotopic (exact) mass is 265 g/mol. The molecule has 0 saturated carbocycles. The van der Waals surface area contributed by atoms with E-state index in [4.69, 9.17) is 11.6 Å². The lowest BCUT2D eigenvalue weighted by Crippen LogP contribution is -1.92. The Bertz CT molecular complexity index is 544. The van der Waals surface area contributed by atoms with Crippen LogP contribution >= 0.6 is 22.9 Å². The first-order chi connectivity index (χ1) is 8.16. The van der Waals surface area contributed by atoms with Crippen LogP contribution in [-0.2, 0) is 0 Å². The van der Waals surface area contributed by atoms with E-state index in [2.05, 4.69) is 15.5 Å². The minimum atomic E-state index is 0.708. The predicted molar refractivity (Wildman–Crippen MR) is 75.0 cm³/mol. The highest BCUT2D eigenvalue weighted by Gasteiger charge is 2.06. The normalized spacial score (nSPS) is 10.1. The fourth-order valence-corrected chi connectivity index (χ4v) is 2.16. The lowest BCUT2D eigenvalue weighted by atomic mass is 10.2. The Balaban J connectivity index is 2.24. The topological polar surface area (TPSA) is 37.3 Å². The standard InChI is InChI=1S/C12H12ClN3S/c1-8(2)15-16-12-14-11(7-17-12)9-5-3-4-6-10(9)13/h3-7H,1-2H3,(H,14,16). The van der Waals surface area contributed by atoms with E-state index in [0.29, 0.717) is 5.02 Å². The summed E-state index contributed by atoms with van der Waals surface area (Å²) in [5.41, 5.74) is 5.67. The quantitative estimate of drug-likeness (QED) is 0.665. The average Bonchev–Trinajstić information content (AvgIpc) is 2.75. The third-order valence-electron chi connectivity index (χ3n) is 2.03. The molecule has 1 aromatic heterocycles. The highest BCUT2D eigenvalue weighted by molar-refractivity contribution is 7.14. The van der Waals surface area contributed by atoms with Crippen LogP contribution in [0.15, 0.2) is 34.7 Å². The van der Waals surface area contributed by atoms with Gasteiger partial charge in [0.2, 0.25) is 5.13 Å². The maximum absolute atomic E-state index is 6.11. The predicted octanol–water partition coefficient (Wildman–Crippen LogP) is 4.27. The van der Waals surface area contributed by atoms with Gasteiger partial charge in [-0.25, -0.2) is 4.98 Å². The highest BCUT2D eigenvalue weighted by atomic mass is 35.5. The number of halogens is 1. The fraction of sp³-hybridized carbons (Fsp3) is 0.167. The molecular formula is C12H12ClN3S. The Kier molecular flexibility index (Phi) is 3.76. The van der Waals surface area contributed by atoms with Crippen LogP contribution < -0.4 is 5.43 Å². The molecule has 2 aromatic rings. The van der Waals surface area contributed by atoms with Gasteiger partial charge in [-0.2, -0.15) is 5.10 Å². The van der Waals surface area contributed by atoms with Gasteiger partial charge < -0.3 is 0 Å². The molecule has 0 atom stereocenters. The molecule has 1 heterocycles. The molecule has 0 unspecified atom stereocenters. The van der Waals surface area contributed by atoms with Gasteiger partial charge in [-0.15, -0.1) is 11.3 Å². The summed E-state index contributed by atoms with van der Waals surface area (Å²) < 4.78 is 0. The molecule has 1 N–H and O–H groups in total. The summed E-state index contributed by atoms with van der Waals surface area (Å²) in [7, 11) is 0. The van der Waals surface area contributed by atoms with Crippen LogP contribution in [-0.4, -0.2) is 10.7 Å². The number of nitrogens with zero attached hydrogens (tertiary/aromatic N) is 2. The zero-order chi connectivity index (χ0) is 12.3. The van der Waals surface area contributed by atoms with Crippen molar-refractivity contribution in [2.24, 2.45) is 5.10 Å². The van der Waals surface area contributed by atoms with Crippen molar-refractivity contribution < 1.29 is 0 Å². The minimum Gasteiger partial charge on any atom is -0.253 e. The van der Waals surface area contributed by atoms with Crippen LogP contribution in [0.1, 0.15) is 13.8 Å². The Morgan fingerprint density at radius 3 is 2.82 bits per heavy atom. The van der Waals surface area contributed by atoms with Gasteiger partial charge in [0.1, 0.15) is 0 Å². The number of aromatic nitrogens is 1. The van der Waals surface area contributed by atoms with Gasteiger partial charge in [0.25, 0.3) is 0 Å². The van der Waals surface area contributed by atoms with Crippen LogP contribution in [0.5, 0.6) is 0 Å². The van der Waals surface area contributed by atoms with Gasteiger partial charge in [0.15, 0.2) is 0 Å². The zero-order valence-electron chi connectivity index (χ0n) is 9.57. The molecule has 2 rings (SSSR count). The number of nitrogens with one attached hydrogen (secondary N) is 1. The van der Waals surface area contributed by atoms with Crippen molar-refractivity contribution in [1.29, 1.82) is 0 Å². The van der Waals surface area contributed by atoms with Crippen molar-refractivity contribution in [3.8, 4) is 11.3 Å². The molecule has 17 heavy (non-hydrogen) atoms. The van der Waals surface area contributed by atoms with Gasteiger partial charge in [-0.1, -0.05) is 29.8 Å². The average molecular weight is 266 g/mol. The molecular weight excluding hydrogens is 254 g/mol. The molecule has 0 aliphatic rings. The van der Waals surface area contributed by atoms with E-state index in [9.17, 15) is 0 Å². The van der Waals surface area contributed by atoms with Crippen LogP contribution in [0, 0.1) is 0 Å². The van der Waals surface area contributed by atoms with Gasteiger partial charge >= 0.3 is 0 Å². The first-order valence-electron chi connectivity index (χ1n) is 5.14. The van der Waals surface area contributed by atoms with Crippen LogP contribution in [0.25, 0.3) is 11.3 Å². The van der Waals surface area contributed by atoms with Crippen LogP contribution in [0.2, 0.25) is 5.02 Å². The molecule has 0 amide bonds. The third-order valence-corrected chi connectivity index (χ3v) is 3.11. The molecule has 0 bridgehead atoms. The van der Waals surface area contributed by atoms with Crippen molar-refractivity contribution in [3.05, 3.63) is 34.7 Å². The number of thiazole rings is 1. The van der Waals surface area contributed by atoms with E-state index in [1.807, 2.05) is 43.5 Å². The Hall–Kier alpha value is -1.39. The summed E-state index contributed by atoms with van der Waals surface area (Å²) in [6.45, 7) is 3.85. The van der Waals surface area contributed by atoms with E-state index in [1.54, 1.807) is 0 Å². The van der Waals surface area contributed by atoms with Gasteiger partial charge in [-0.3, -0.25) is 5.43 Å². The lowest BCUT2D eigenvalue weighted by molar-refractivity contribution is 1.27. The Morgan fingerprint density at radius 1 is 1.35 bits per heavy atom. The number of hydrazone groups is 1. The smallest absolute Gasteiger partial charge is 0.203 e. The van der Waals surface area contributed by atoms with Crippen molar-refractivity contribution in [2.75, 3.05) is 5.43 Å². The summed E-state index contributed by atoms with van der Waals surface area (Å²) >= 11 is 7.62. The molecule has 0 fully saturated rings. The number of rotatable bonds is 3. The molecule has 5 heteroatoms. The van der Waals surface area contributed by atoms with E-state index in [-0.39, 0.29) is 0 Å². The largest absolute Gasteiger partial charge is 0.253 e. The van der Waals surface area contributed by atoms with E-state index < -0.39 is 0 Å². The molecule has 88 valence electrons. The second-order valence-corrected chi connectivity index (χ2v) is 4.95. The maximum Gasteiger partial charge on any atom is 0.203 e. The van der Waals surface area contributed by atoms with Crippen molar-refractivity contribution in [3.63, 3.8) is 0 Å². The summed E-state index contributed by atoms with van der Waals surface area (Å²) in [6, 6.07) is 7.66. The summed E-state index contributed by atoms with van der Waals surface area (Å²) in [5.74, 6) is 0. The van der Waals surface area contributed by atoms with E-state index in [1.165, 1.54) is 11.3 Å². The number of anilines is 1. The Labute approximate surface area is 109 Å². The highest BCUT2D eigenvalue weighted by Crippen LogP contribution is 2.30. The van der Waals surface area contributed by atoms with Gasteiger partial charge in [0.05, 0.1) is 5.69 Å². The lowest BCUT2D eigenvalue weighted by Gasteiger charge is -1.99. The molecule has 0 aliphatic carbocycles.